The molecule has 1 amide bonds. The number of nitrogens with one attached hydrogen (secondary N) is 1. The molecule has 8 heteroatoms. The summed E-state index contributed by atoms with van der Waals surface area (Å²) in [6, 6.07) is 11.1. The monoisotopic (exact) mass is 337 g/mol. The smallest absolute Gasteiger partial charge is 0.269 e. The molecule has 1 aromatic carbocycles. The number of carbonyl (C=O) groups is 1. The molecule has 0 bridgehead atoms. The van der Waals surface area contributed by atoms with Crippen LogP contribution in [0.4, 0.5) is 5.69 Å². The van der Waals surface area contributed by atoms with Crippen LogP contribution in [0, 0.1) is 10.1 Å². The Morgan fingerprint density at radius 3 is 2.52 bits per heavy atom. The van der Waals surface area contributed by atoms with Crippen LogP contribution in [-0.2, 0) is 13.6 Å². The zero-order chi connectivity index (χ0) is 17.8. The first-order valence-electron chi connectivity index (χ1n) is 7.50. The first kappa shape index (κ1) is 16.3. The van der Waals surface area contributed by atoms with Crippen LogP contribution in [-0.4, -0.2) is 25.6 Å². The van der Waals surface area contributed by atoms with Crippen molar-refractivity contribution in [2.24, 2.45) is 7.05 Å². The molecule has 0 saturated heterocycles. The molecule has 0 atom stereocenters. The average Bonchev–Trinajstić information content (AvgIpc) is 3.01. The molecule has 1 N–H and O–H groups in total. The number of nitro benzene ring substituents is 1. The van der Waals surface area contributed by atoms with Crippen LogP contribution in [0.15, 0.2) is 54.9 Å². The van der Waals surface area contributed by atoms with E-state index in [9.17, 15) is 14.9 Å². The second-order valence-corrected chi connectivity index (χ2v) is 5.37. The van der Waals surface area contributed by atoms with Crippen molar-refractivity contribution in [3.8, 4) is 11.3 Å². The quantitative estimate of drug-likeness (QED) is 0.568. The molecule has 8 nitrogen and oxygen atoms in total. The zero-order valence-electron chi connectivity index (χ0n) is 13.4. The fourth-order valence-corrected chi connectivity index (χ4v) is 2.41. The normalized spacial score (nSPS) is 10.4. The van der Waals surface area contributed by atoms with Crippen molar-refractivity contribution in [2.75, 3.05) is 0 Å². The van der Waals surface area contributed by atoms with Gasteiger partial charge in [0.05, 0.1) is 22.9 Å². The third-order valence-corrected chi connectivity index (χ3v) is 3.68. The predicted molar refractivity (Wildman–Crippen MR) is 90.7 cm³/mol. The molecule has 0 fully saturated rings. The number of aromatic nitrogens is 3. The number of hydrogen-bond donors (Lipinski definition) is 1. The Hall–Kier alpha value is -3.55. The number of rotatable bonds is 5. The van der Waals surface area contributed by atoms with E-state index in [1.165, 1.54) is 24.3 Å². The van der Waals surface area contributed by atoms with E-state index in [0.29, 0.717) is 11.3 Å². The summed E-state index contributed by atoms with van der Waals surface area (Å²) in [7, 11) is 1.83. The Morgan fingerprint density at radius 1 is 1.20 bits per heavy atom. The number of non-ortho nitro benzene ring substituents is 1. The number of aryl methyl sites for hydroxylation is 1. The van der Waals surface area contributed by atoms with Gasteiger partial charge in [-0.15, -0.1) is 0 Å². The van der Waals surface area contributed by atoms with Crippen LogP contribution >= 0.6 is 0 Å². The highest BCUT2D eigenvalue weighted by Crippen LogP contribution is 2.18. The summed E-state index contributed by atoms with van der Waals surface area (Å²) in [6.07, 6.45) is 3.41. The van der Waals surface area contributed by atoms with E-state index in [0.717, 1.165) is 11.3 Å². The van der Waals surface area contributed by atoms with Gasteiger partial charge in [0.15, 0.2) is 0 Å². The Kier molecular flexibility index (Phi) is 4.51. The number of hydrogen-bond acceptors (Lipinski definition) is 5. The minimum absolute atomic E-state index is 0.0525. The number of pyridine rings is 1. The topological polar surface area (TPSA) is 103 Å². The molecule has 0 saturated carbocycles. The van der Waals surface area contributed by atoms with Crippen LogP contribution in [0.25, 0.3) is 11.3 Å². The summed E-state index contributed by atoms with van der Waals surface area (Å²) in [5, 5.41) is 17.8. The predicted octanol–water partition coefficient (Wildman–Crippen LogP) is 2.32. The van der Waals surface area contributed by atoms with Crippen molar-refractivity contribution in [1.29, 1.82) is 0 Å². The van der Waals surface area contributed by atoms with E-state index in [4.69, 9.17) is 0 Å². The van der Waals surface area contributed by atoms with E-state index >= 15 is 0 Å². The lowest BCUT2D eigenvalue weighted by Gasteiger charge is -2.02. The Bertz CT molecular complexity index is 904. The van der Waals surface area contributed by atoms with Crippen LogP contribution in [0.5, 0.6) is 0 Å². The van der Waals surface area contributed by atoms with Crippen molar-refractivity contribution in [2.45, 2.75) is 6.54 Å². The fraction of sp³-hybridized carbons (Fsp3) is 0.118. The van der Waals surface area contributed by atoms with Crippen molar-refractivity contribution >= 4 is 11.6 Å². The van der Waals surface area contributed by atoms with Crippen LogP contribution in [0.2, 0.25) is 0 Å². The summed E-state index contributed by atoms with van der Waals surface area (Å²) < 4.78 is 1.74. The molecular weight excluding hydrogens is 322 g/mol. The highest BCUT2D eigenvalue weighted by atomic mass is 16.6. The van der Waals surface area contributed by atoms with E-state index < -0.39 is 4.92 Å². The SMILES string of the molecule is Cn1nc(CNC(=O)c2ccc([N+](=O)[O-])cc2)cc1-c1ccncc1. The largest absolute Gasteiger partial charge is 0.346 e. The van der Waals surface area contributed by atoms with Gasteiger partial charge in [0.25, 0.3) is 11.6 Å². The number of benzene rings is 1. The molecule has 3 aromatic rings. The summed E-state index contributed by atoms with van der Waals surface area (Å²) in [6.45, 7) is 0.259. The van der Waals surface area contributed by atoms with Crippen LogP contribution in [0.3, 0.4) is 0 Å². The lowest BCUT2D eigenvalue weighted by atomic mass is 10.2. The van der Waals surface area contributed by atoms with Gasteiger partial charge < -0.3 is 5.32 Å². The number of carbonyl (C=O) groups excluding carboxylic acids is 1. The maximum Gasteiger partial charge on any atom is 0.269 e. The van der Waals surface area contributed by atoms with Crippen LogP contribution < -0.4 is 5.32 Å². The summed E-state index contributed by atoms with van der Waals surface area (Å²) in [5.74, 6) is -0.314. The molecule has 0 aliphatic heterocycles. The molecule has 0 aliphatic carbocycles. The zero-order valence-corrected chi connectivity index (χ0v) is 13.4. The summed E-state index contributed by atoms with van der Waals surface area (Å²) in [4.78, 5) is 26.3. The number of amides is 1. The average molecular weight is 337 g/mol. The minimum atomic E-state index is -0.504. The van der Waals surface area contributed by atoms with Gasteiger partial charge in [0.2, 0.25) is 0 Å². The van der Waals surface area contributed by atoms with E-state index in [2.05, 4.69) is 15.4 Å². The van der Waals surface area contributed by atoms with Gasteiger partial charge in [0.1, 0.15) is 0 Å². The van der Waals surface area contributed by atoms with E-state index in [1.54, 1.807) is 17.1 Å². The molecule has 0 unspecified atom stereocenters. The highest BCUT2D eigenvalue weighted by molar-refractivity contribution is 5.94. The third kappa shape index (κ3) is 3.69. The van der Waals surface area contributed by atoms with Gasteiger partial charge in [-0.25, -0.2) is 0 Å². The van der Waals surface area contributed by atoms with Crippen LogP contribution in [0.1, 0.15) is 16.1 Å². The maximum atomic E-state index is 12.1. The Morgan fingerprint density at radius 2 is 1.88 bits per heavy atom. The molecule has 2 aromatic heterocycles. The Labute approximate surface area is 143 Å². The second kappa shape index (κ2) is 6.91. The molecule has 3 rings (SSSR count). The lowest BCUT2D eigenvalue weighted by Crippen LogP contribution is -2.23. The first-order valence-corrected chi connectivity index (χ1v) is 7.50. The minimum Gasteiger partial charge on any atom is -0.346 e. The highest BCUT2D eigenvalue weighted by Gasteiger charge is 2.11. The van der Waals surface area contributed by atoms with E-state index in [1.807, 2.05) is 25.2 Å². The molecule has 25 heavy (non-hydrogen) atoms. The fourth-order valence-electron chi connectivity index (χ4n) is 2.41. The van der Waals surface area contributed by atoms with Gasteiger partial charge >= 0.3 is 0 Å². The first-order chi connectivity index (χ1) is 12.0. The van der Waals surface area contributed by atoms with Crippen molar-refractivity contribution in [3.63, 3.8) is 0 Å². The van der Waals surface area contributed by atoms with E-state index in [-0.39, 0.29) is 18.1 Å². The maximum absolute atomic E-state index is 12.1. The second-order valence-electron chi connectivity index (χ2n) is 5.37. The third-order valence-electron chi connectivity index (χ3n) is 3.68. The van der Waals surface area contributed by atoms with Gasteiger partial charge in [0, 0.05) is 42.7 Å². The van der Waals surface area contributed by atoms with Gasteiger partial charge in [-0.1, -0.05) is 0 Å². The van der Waals surface area contributed by atoms with Crippen molar-refractivity contribution in [1.82, 2.24) is 20.1 Å². The van der Waals surface area contributed by atoms with Gasteiger partial charge in [-0.2, -0.15) is 5.10 Å². The summed E-state index contributed by atoms with van der Waals surface area (Å²) >= 11 is 0. The molecule has 0 radical (unpaired) electrons. The molecule has 126 valence electrons. The van der Waals surface area contributed by atoms with Crippen molar-refractivity contribution in [3.05, 3.63) is 76.2 Å². The number of nitrogens with zero attached hydrogens (tertiary/aromatic N) is 4. The Balaban J connectivity index is 1.67. The molecular formula is C17H15N5O3. The molecule has 0 spiro atoms. The standard InChI is InChI=1S/C17H15N5O3/c1-21-16(12-6-8-18-9-7-12)10-14(20-21)11-19-17(23)13-2-4-15(5-3-13)22(24)25/h2-10H,11H2,1H3,(H,19,23). The molecule has 0 aliphatic rings. The summed E-state index contributed by atoms with van der Waals surface area (Å²) in [5.41, 5.74) is 2.92. The van der Waals surface area contributed by atoms with Crippen molar-refractivity contribution < 1.29 is 9.72 Å². The van der Waals surface area contributed by atoms with Gasteiger partial charge in [-0.3, -0.25) is 24.6 Å². The van der Waals surface area contributed by atoms with Gasteiger partial charge in [-0.05, 0) is 30.3 Å². The lowest BCUT2D eigenvalue weighted by molar-refractivity contribution is -0.384. The number of nitro groups is 1. The molecule has 2 heterocycles.